The van der Waals surface area contributed by atoms with Gasteiger partial charge in [0.1, 0.15) is 0 Å². The van der Waals surface area contributed by atoms with Crippen molar-refractivity contribution in [2.45, 2.75) is 25.3 Å². The van der Waals surface area contributed by atoms with Crippen molar-refractivity contribution in [2.24, 2.45) is 5.92 Å². The molecule has 3 rings (SSSR count). The zero-order valence-electron chi connectivity index (χ0n) is 10.7. The Morgan fingerprint density at radius 1 is 1.47 bits per heavy atom. The lowest BCUT2D eigenvalue weighted by Crippen LogP contribution is -2.38. The first-order valence-electron chi connectivity index (χ1n) is 6.71. The second-order valence-corrected chi connectivity index (χ2v) is 5.95. The molecule has 5 heteroatoms. The molecule has 2 aliphatic rings. The molecule has 1 aliphatic heterocycles. The fourth-order valence-corrected chi connectivity index (χ4v) is 3.34. The fourth-order valence-electron chi connectivity index (χ4n) is 3.23. The molecule has 19 heavy (non-hydrogen) atoms. The highest BCUT2D eigenvalue weighted by atomic mass is 35.5. The van der Waals surface area contributed by atoms with Gasteiger partial charge >= 0.3 is 0 Å². The second kappa shape index (κ2) is 5.02. The molecule has 0 spiro atoms. The summed E-state index contributed by atoms with van der Waals surface area (Å²) in [5.74, 6) is 0.832. The quantitative estimate of drug-likeness (QED) is 0.835. The van der Waals surface area contributed by atoms with Gasteiger partial charge < -0.3 is 11.1 Å². The van der Waals surface area contributed by atoms with Crippen molar-refractivity contribution in [1.82, 2.24) is 4.90 Å². The highest BCUT2D eigenvalue weighted by Gasteiger charge is 2.38. The molecule has 1 saturated heterocycles. The minimum atomic E-state index is 0.0225. The van der Waals surface area contributed by atoms with Crippen LogP contribution < -0.4 is 11.1 Å². The largest absolute Gasteiger partial charge is 0.397 e. The molecule has 0 aromatic heterocycles. The maximum absolute atomic E-state index is 12.0. The van der Waals surface area contributed by atoms with Crippen LogP contribution in [0, 0.1) is 5.92 Å². The van der Waals surface area contributed by atoms with E-state index in [-0.39, 0.29) is 5.91 Å². The van der Waals surface area contributed by atoms with Crippen molar-refractivity contribution in [1.29, 1.82) is 0 Å². The minimum absolute atomic E-state index is 0.0225. The number of carbonyl (C=O) groups is 1. The molecule has 2 unspecified atom stereocenters. The van der Waals surface area contributed by atoms with Crippen molar-refractivity contribution < 1.29 is 4.79 Å². The van der Waals surface area contributed by atoms with Gasteiger partial charge in [-0.1, -0.05) is 11.6 Å². The molecule has 0 radical (unpaired) electrons. The van der Waals surface area contributed by atoms with Crippen LogP contribution in [-0.2, 0) is 4.79 Å². The Bertz CT molecular complexity index is 505. The van der Waals surface area contributed by atoms with Gasteiger partial charge in [0, 0.05) is 18.3 Å². The monoisotopic (exact) mass is 279 g/mol. The number of rotatable bonds is 3. The van der Waals surface area contributed by atoms with Crippen LogP contribution in [0.1, 0.15) is 19.3 Å². The summed E-state index contributed by atoms with van der Waals surface area (Å²) in [6.07, 6.45) is 3.84. The number of benzene rings is 1. The predicted octanol–water partition coefficient (Wildman–Crippen LogP) is 2.34. The number of hydrogen-bond donors (Lipinski definition) is 2. The number of fused-ring (bicyclic) bond motifs is 2. The van der Waals surface area contributed by atoms with E-state index in [0.29, 0.717) is 29.0 Å². The molecule has 1 amide bonds. The Hall–Kier alpha value is -1.26. The number of nitrogens with one attached hydrogen (secondary N) is 1. The van der Waals surface area contributed by atoms with E-state index in [2.05, 4.69) is 10.2 Å². The smallest absolute Gasteiger partial charge is 0.238 e. The number of amides is 1. The van der Waals surface area contributed by atoms with Crippen LogP contribution in [0.25, 0.3) is 0 Å². The molecule has 4 nitrogen and oxygen atoms in total. The Morgan fingerprint density at radius 2 is 2.32 bits per heavy atom. The van der Waals surface area contributed by atoms with Crippen LogP contribution in [0.15, 0.2) is 18.2 Å². The zero-order chi connectivity index (χ0) is 13.4. The summed E-state index contributed by atoms with van der Waals surface area (Å²) in [5, 5.41) is 3.39. The first kappa shape index (κ1) is 12.8. The summed E-state index contributed by atoms with van der Waals surface area (Å²) in [7, 11) is 0. The Labute approximate surface area is 117 Å². The average Bonchev–Trinajstić information content (AvgIpc) is 2.96. The van der Waals surface area contributed by atoms with Gasteiger partial charge in [-0.3, -0.25) is 9.69 Å². The molecule has 2 atom stereocenters. The third-order valence-corrected chi connectivity index (χ3v) is 4.49. The van der Waals surface area contributed by atoms with Crippen LogP contribution >= 0.6 is 11.6 Å². The number of nitrogens with two attached hydrogens (primary N) is 1. The first-order valence-corrected chi connectivity index (χ1v) is 7.08. The van der Waals surface area contributed by atoms with E-state index in [4.69, 9.17) is 17.3 Å². The van der Waals surface area contributed by atoms with Gasteiger partial charge in [0.15, 0.2) is 0 Å². The van der Waals surface area contributed by atoms with Crippen LogP contribution in [0.3, 0.4) is 0 Å². The Balaban J connectivity index is 1.57. The number of carbonyl (C=O) groups excluding carboxylic acids is 1. The van der Waals surface area contributed by atoms with Crippen molar-refractivity contribution in [3.63, 3.8) is 0 Å². The van der Waals surface area contributed by atoms with E-state index in [1.165, 1.54) is 19.3 Å². The van der Waals surface area contributed by atoms with E-state index >= 15 is 0 Å². The molecule has 1 aromatic carbocycles. The SMILES string of the molecule is Nc1cc(NC(=O)CN2CC3CCC2C3)ccc1Cl. The molecule has 1 saturated carbocycles. The lowest BCUT2D eigenvalue weighted by molar-refractivity contribution is -0.117. The lowest BCUT2D eigenvalue weighted by Gasteiger charge is -2.25. The van der Waals surface area contributed by atoms with Gasteiger partial charge in [-0.05, 0) is 43.4 Å². The summed E-state index contributed by atoms with van der Waals surface area (Å²) in [4.78, 5) is 14.3. The van der Waals surface area contributed by atoms with Crippen LogP contribution in [0.2, 0.25) is 5.02 Å². The van der Waals surface area contributed by atoms with Crippen molar-refractivity contribution in [2.75, 3.05) is 24.1 Å². The number of likely N-dealkylation sites (tertiary alicyclic amines) is 1. The Kier molecular flexibility index (Phi) is 3.37. The number of hydrogen-bond acceptors (Lipinski definition) is 3. The maximum atomic E-state index is 12.0. The van der Waals surface area contributed by atoms with E-state index < -0.39 is 0 Å². The van der Waals surface area contributed by atoms with E-state index in [9.17, 15) is 4.79 Å². The molecule has 3 N–H and O–H groups in total. The molecule has 1 aromatic rings. The zero-order valence-corrected chi connectivity index (χ0v) is 11.5. The van der Waals surface area contributed by atoms with Gasteiger partial charge in [0.2, 0.25) is 5.91 Å². The molecule has 102 valence electrons. The van der Waals surface area contributed by atoms with Crippen LogP contribution in [0.5, 0.6) is 0 Å². The predicted molar refractivity (Wildman–Crippen MR) is 77.2 cm³/mol. The summed E-state index contributed by atoms with van der Waals surface area (Å²) in [6.45, 7) is 1.55. The number of anilines is 2. The number of halogens is 1. The van der Waals surface area contributed by atoms with Crippen molar-refractivity contribution >= 4 is 28.9 Å². The van der Waals surface area contributed by atoms with E-state index in [0.717, 1.165) is 12.5 Å². The topological polar surface area (TPSA) is 58.4 Å². The maximum Gasteiger partial charge on any atom is 0.238 e. The second-order valence-electron chi connectivity index (χ2n) is 5.55. The molecule has 1 heterocycles. The number of piperidine rings is 1. The first-order chi connectivity index (χ1) is 9.11. The standard InChI is InChI=1S/C14H18ClN3O/c15-12-4-2-10(6-13(12)16)17-14(19)8-18-7-9-1-3-11(18)5-9/h2,4,6,9,11H,1,3,5,7-8,16H2,(H,17,19). The van der Waals surface area contributed by atoms with Gasteiger partial charge in [-0.15, -0.1) is 0 Å². The van der Waals surface area contributed by atoms with Gasteiger partial charge in [0.25, 0.3) is 0 Å². The molecular formula is C14H18ClN3O. The van der Waals surface area contributed by atoms with Gasteiger partial charge in [0.05, 0.1) is 17.3 Å². The van der Waals surface area contributed by atoms with Crippen LogP contribution in [-0.4, -0.2) is 29.9 Å². The summed E-state index contributed by atoms with van der Waals surface area (Å²) in [6, 6.07) is 5.78. The fraction of sp³-hybridized carbons (Fsp3) is 0.500. The normalized spacial score (nSPS) is 25.7. The number of nitrogens with zero attached hydrogens (tertiary/aromatic N) is 1. The summed E-state index contributed by atoms with van der Waals surface area (Å²) >= 11 is 5.85. The molecule has 1 aliphatic carbocycles. The van der Waals surface area contributed by atoms with E-state index in [1.54, 1.807) is 18.2 Å². The third kappa shape index (κ3) is 2.69. The van der Waals surface area contributed by atoms with Gasteiger partial charge in [-0.25, -0.2) is 0 Å². The average molecular weight is 280 g/mol. The summed E-state index contributed by atoms with van der Waals surface area (Å²) in [5.41, 5.74) is 6.91. The minimum Gasteiger partial charge on any atom is -0.397 e. The number of nitrogen functional groups attached to an aromatic ring is 1. The molecule has 2 bridgehead atoms. The van der Waals surface area contributed by atoms with E-state index in [1.807, 2.05) is 0 Å². The van der Waals surface area contributed by atoms with Crippen molar-refractivity contribution in [3.05, 3.63) is 23.2 Å². The Morgan fingerprint density at radius 3 is 2.95 bits per heavy atom. The highest BCUT2D eigenvalue weighted by molar-refractivity contribution is 6.33. The lowest BCUT2D eigenvalue weighted by atomic mass is 10.1. The molecular weight excluding hydrogens is 262 g/mol. The highest BCUT2D eigenvalue weighted by Crippen LogP contribution is 2.37. The third-order valence-electron chi connectivity index (χ3n) is 4.15. The van der Waals surface area contributed by atoms with Crippen molar-refractivity contribution in [3.8, 4) is 0 Å². The van der Waals surface area contributed by atoms with Gasteiger partial charge in [-0.2, -0.15) is 0 Å². The molecule has 2 fully saturated rings. The van der Waals surface area contributed by atoms with Crippen LogP contribution in [0.4, 0.5) is 11.4 Å². The summed E-state index contributed by atoms with van der Waals surface area (Å²) < 4.78 is 0.